The number of likely N-dealkylation sites (N-methyl/N-ethyl adjacent to an activating group) is 1. The van der Waals surface area contributed by atoms with Gasteiger partial charge in [0.05, 0.1) is 17.4 Å². The van der Waals surface area contributed by atoms with Gasteiger partial charge in [0.2, 0.25) is 0 Å². The van der Waals surface area contributed by atoms with E-state index < -0.39 is 0 Å². The van der Waals surface area contributed by atoms with Gasteiger partial charge in [-0.2, -0.15) is 5.10 Å². The van der Waals surface area contributed by atoms with Gasteiger partial charge in [0.1, 0.15) is 12.1 Å². The second-order valence-corrected chi connectivity index (χ2v) is 9.10. The normalized spacial score (nSPS) is 21.3. The lowest BCUT2D eigenvalue weighted by Crippen LogP contribution is -2.34. The Balaban J connectivity index is 1.29. The van der Waals surface area contributed by atoms with Crippen LogP contribution in [0.25, 0.3) is 5.82 Å². The summed E-state index contributed by atoms with van der Waals surface area (Å²) in [6.45, 7) is 5.87. The molecule has 9 heteroatoms. The van der Waals surface area contributed by atoms with Gasteiger partial charge in [-0.05, 0) is 58.7 Å². The van der Waals surface area contributed by atoms with Crippen molar-refractivity contribution in [3.63, 3.8) is 0 Å². The van der Waals surface area contributed by atoms with Crippen LogP contribution in [0.15, 0.2) is 29.3 Å². The second kappa shape index (κ2) is 8.46. The molecule has 1 fully saturated rings. The molecule has 0 radical (unpaired) electrons. The van der Waals surface area contributed by atoms with Crippen molar-refractivity contribution in [3.05, 3.63) is 57.5 Å². The van der Waals surface area contributed by atoms with E-state index in [1.807, 2.05) is 19.9 Å². The lowest BCUT2D eigenvalue weighted by atomic mass is 9.91. The largest absolute Gasteiger partial charge is 0.367 e. The molecular weight excluding hydrogens is 404 g/mol. The monoisotopic (exact) mass is 434 g/mol. The lowest BCUT2D eigenvalue weighted by Gasteiger charge is -2.31. The molecule has 0 amide bonds. The molecule has 1 aliphatic carbocycles. The third-order valence-corrected chi connectivity index (χ3v) is 6.61. The number of rotatable bonds is 4. The zero-order valence-corrected chi connectivity index (χ0v) is 19.0. The molecule has 0 saturated heterocycles. The maximum atomic E-state index is 12.6. The fraction of sp³-hybridized carbons (Fsp3) is 0.522. The van der Waals surface area contributed by atoms with Crippen molar-refractivity contribution in [1.29, 1.82) is 0 Å². The molecular formula is C23H30N8O. The molecule has 0 atom stereocenters. The summed E-state index contributed by atoms with van der Waals surface area (Å²) in [5.41, 5.74) is 4.27. The third-order valence-electron chi connectivity index (χ3n) is 6.61. The van der Waals surface area contributed by atoms with E-state index >= 15 is 0 Å². The summed E-state index contributed by atoms with van der Waals surface area (Å²) in [4.78, 5) is 23.9. The lowest BCUT2D eigenvalue weighted by molar-refractivity contribution is 0.299. The van der Waals surface area contributed by atoms with Gasteiger partial charge in [0, 0.05) is 42.9 Å². The van der Waals surface area contributed by atoms with Crippen LogP contribution < -0.4 is 10.9 Å². The number of aryl methyl sites for hydroxylation is 2. The number of hydrogen-bond donors (Lipinski definition) is 1. The van der Waals surface area contributed by atoms with Crippen LogP contribution in [0.5, 0.6) is 0 Å². The van der Waals surface area contributed by atoms with Crippen LogP contribution in [0.4, 0.5) is 5.82 Å². The minimum absolute atomic E-state index is 0.0559. The molecule has 0 unspecified atom stereocenters. The van der Waals surface area contributed by atoms with Gasteiger partial charge >= 0.3 is 0 Å². The highest BCUT2D eigenvalue weighted by atomic mass is 16.1. The fourth-order valence-electron chi connectivity index (χ4n) is 4.91. The highest BCUT2D eigenvalue weighted by Crippen LogP contribution is 2.30. The Morgan fingerprint density at radius 1 is 1.06 bits per heavy atom. The van der Waals surface area contributed by atoms with E-state index in [9.17, 15) is 4.79 Å². The minimum atomic E-state index is -0.0559. The molecule has 3 aromatic rings. The molecule has 2 aliphatic rings. The first-order valence-corrected chi connectivity index (χ1v) is 11.4. The molecule has 168 valence electrons. The number of aromatic nitrogens is 6. The van der Waals surface area contributed by atoms with Crippen molar-refractivity contribution < 1.29 is 0 Å². The maximum absolute atomic E-state index is 12.6. The fourth-order valence-corrected chi connectivity index (χ4v) is 4.91. The standard InChI is InChI=1S/C23H30N8O/c1-15-12-16(2)30(27-15)21-8-9-22(32)31(28-21)18-6-4-17(5-7-18)26-23-19-13-29(3)11-10-20(19)24-14-25-23/h8-9,12,14,17-18H,4-7,10-11,13H2,1-3H3,(H,24,25,26). The van der Waals surface area contributed by atoms with Crippen molar-refractivity contribution in [3.8, 4) is 5.82 Å². The first-order chi connectivity index (χ1) is 15.5. The van der Waals surface area contributed by atoms with Gasteiger partial charge in [0.15, 0.2) is 5.82 Å². The first kappa shape index (κ1) is 20.8. The van der Waals surface area contributed by atoms with Gasteiger partial charge in [-0.1, -0.05) is 0 Å². The van der Waals surface area contributed by atoms with E-state index in [0.717, 1.165) is 68.1 Å². The summed E-state index contributed by atoms with van der Waals surface area (Å²) in [5, 5.41) is 12.8. The Morgan fingerprint density at radius 2 is 1.88 bits per heavy atom. The summed E-state index contributed by atoms with van der Waals surface area (Å²) >= 11 is 0. The molecule has 9 nitrogen and oxygen atoms in total. The second-order valence-electron chi connectivity index (χ2n) is 9.10. The number of hydrogen-bond acceptors (Lipinski definition) is 7. The molecule has 0 spiro atoms. The summed E-state index contributed by atoms with van der Waals surface area (Å²) in [6.07, 6.45) is 6.38. The van der Waals surface area contributed by atoms with Crippen molar-refractivity contribution in [2.75, 3.05) is 18.9 Å². The Morgan fingerprint density at radius 3 is 2.62 bits per heavy atom. The SMILES string of the molecule is Cc1cc(C)n(-c2ccc(=O)n(C3CCC(Nc4ncnc5c4CN(C)CC5)CC3)n2)n1. The van der Waals surface area contributed by atoms with E-state index in [1.165, 1.54) is 5.56 Å². The quantitative estimate of drug-likeness (QED) is 0.674. The van der Waals surface area contributed by atoms with E-state index in [0.29, 0.717) is 11.9 Å². The van der Waals surface area contributed by atoms with Gasteiger partial charge < -0.3 is 10.2 Å². The average molecular weight is 435 g/mol. The number of nitrogens with zero attached hydrogens (tertiary/aromatic N) is 7. The van der Waals surface area contributed by atoms with Crippen LogP contribution in [-0.2, 0) is 13.0 Å². The smallest absolute Gasteiger partial charge is 0.267 e. The predicted octanol–water partition coefficient (Wildman–Crippen LogP) is 2.42. The molecule has 5 rings (SSSR count). The van der Waals surface area contributed by atoms with Crippen LogP contribution in [0.2, 0.25) is 0 Å². The molecule has 1 aliphatic heterocycles. The summed E-state index contributed by atoms with van der Waals surface area (Å²) < 4.78 is 3.46. The van der Waals surface area contributed by atoms with Gasteiger partial charge in [0.25, 0.3) is 5.56 Å². The zero-order chi connectivity index (χ0) is 22.2. The molecule has 0 aromatic carbocycles. The molecule has 4 heterocycles. The Kier molecular flexibility index (Phi) is 5.50. The Hall–Kier alpha value is -3.07. The van der Waals surface area contributed by atoms with Crippen molar-refractivity contribution >= 4 is 5.82 Å². The zero-order valence-electron chi connectivity index (χ0n) is 19.0. The highest BCUT2D eigenvalue weighted by Gasteiger charge is 2.26. The van der Waals surface area contributed by atoms with Crippen molar-refractivity contribution in [2.24, 2.45) is 0 Å². The topological polar surface area (TPSA) is 93.8 Å². The summed E-state index contributed by atoms with van der Waals surface area (Å²) in [5.74, 6) is 1.65. The molecule has 0 bridgehead atoms. The minimum Gasteiger partial charge on any atom is -0.367 e. The third kappa shape index (κ3) is 4.04. The van der Waals surface area contributed by atoms with E-state index in [1.54, 1.807) is 27.8 Å². The van der Waals surface area contributed by atoms with Crippen LogP contribution in [0, 0.1) is 13.8 Å². The highest BCUT2D eigenvalue weighted by molar-refractivity contribution is 5.47. The maximum Gasteiger partial charge on any atom is 0.267 e. The van der Waals surface area contributed by atoms with Crippen LogP contribution >= 0.6 is 0 Å². The van der Waals surface area contributed by atoms with Gasteiger partial charge in [-0.3, -0.25) is 4.79 Å². The molecule has 1 saturated carbocycles. The number of fused-ring (bicyclic) bond motifs is 1. The first-order valence-electron chi connectivity index (χ1n) is 11.4. The predicted molar refractivity (Wildman–Crippen MR) is 122 cm³/mol. The van der Waals surface area contributed by atoms with Crippen molar-refractivity contribution in [2.45, 2.75) is 64.6 Å². The Bertz CT molecular complexity index is 1170. The van der Waals surface area contributed by atoms with Gasteiger partial charge in [-0.25, -0.2) is 19.3 Å². The van der Waals surface area contributed by atoms with Crippen LogP contribution in [-0.4, -0.2) is 54.1 Å². The van der Waals surface area contributed by atoms with Crippen molar-refractivity contribution in [1.82, 2.24) is 34.4 Å². The Labute approximate surface area is 187 Å². The van der Waals surface area contributed by atoms with Crippen LogP contribution in [0.1, 0.15) is 54.4 Å². The molecule has 1 N–H and O–H groups in total. The number of anilines is 1. The summed E-state index contributed by atoms with van der Waals surface area (Å²) in [7, 11) is 2.13. The number of nitrogens with one attached hydrogen (secondary N) is 1. The van der Waals surface area contributed by atoms with E-state index in [-0.39, 0.29) is 11.6 Å². The molecule has 32 heavy (non-hydrogen) atoms. The summed E-state index contributed by atoms with van der Waals surface area (Å²) in [6, 6.07) is 5.81. The van der Waals surface area contributed by atoms with E-state index in [2.05, 4.69) is 37.4 Å². The van der Waals surface area contributed by atoms with Gasteiger partial charge in [-0.15, -0.1) is 5.10 Å². The molecule has 3 aromatic heterocycles. The van der Waals surface area contributed by atoms with Crippen LogP contribution in [0.3, 0.4) is 0 Å². The van der Waals surface area contributed by atoms with E-state index in [4.69, 9.17) is 0 Å². The average Bonchev–Trinajstić information content (AvgIpc) is 3.13.